The van der Waals surface area contributed by atoms with Crippen LogP contribution in [0.25, 0.3) is 11.1 Å². The van der Waals surface area contributed by atoms with E-state index >= 15 is 0 Å². The summed E-state index contributed by atoms with van der Waals surface area (Å²) in [6, 6.07) is 14.3. The fourth-order valence-electron chi connectivity index (χ4n) is 4.42. The molecule has 0 bridgehead atoms. The minimum absolute atomic E-state index is 0.114. The summed E-state index contributed by atoms with van der Waals surface area (Å²) in [4.78, 5) is 36.0. The van der Waals surface area contributed by atoms with Crippen LogP contribution in [0.15, 0.2) is 48.5 Å². The summed E-state index contributed by atoms with van der Waals surface area (Å²) < 4.78 is 11.0. The molecule has 174 valence electrons. The van der Waals surface area contributed by atoms with Gasteiger partial charge in [0.05, 0.1) is 0 Å². The summed E-state index contributed by atoms with van der Waals surface area (Å²) >= 11 is 0. The SMILES string of the molecule is CC(C)(C)OC(=O)N[C@@H](C[C@@H]1C[C@H]1[N+](=O)[O-])C(=O)OCC1c2ccccc2-c2ccccc21. The van der Waals surface area contributed by atoms with Gasteiger partial charge < -0.3 is 14.8 Å². The van der Waals surface area contributed by atoms with E-state index in [9.17, 15) is 19.7 Å². The van der Waals surface area contributed by atoms with Gasteiger partial charge >= 0.3 is 12.1 Å². The third-order valence-electron chi connectivity index (χ3n) is 6.02. The van der Waals surface area contributed by atoms with Gasteiger partial charge in [-0.2, -0.15) is 0 Å². The third-order valence-corrected chi connectivity index (χ3v) is 6.02. The summed E-state index contributed by atoms with van der Waals surface area (Å²) in [6.45, 7) is 5.28. The first-order valence-electron chi connectivity index (χ1n) is 11.1. The molecule has 3 atom stereocenters. The molecule has 2 aromatic carbocycles. The first-order chi connectivity index (χ1) is 15.6. The zero-order valence-corrected chi connectivity index (χ0v) is 18.9. The number of nitrogens with zero attached hydrogens (tertiary/aromatic N) is 1. The van der Waals surface area contributed by atoms with Crippen LogP contribution in [0.4, 0.5) is 4.79 Å². The monoisotopic (exact) mass is 452 g/mol. The first kappa shape index (κ1) is 22.8. The normalized spacial score (nSPS) is 19.7. The maximum Gasteiger partial charge on any atom is 0.408 e. The van der Waals surface area contributed by atoms with Crippen LogP contribution in [0.3, 0.4) is 0 Å². The fraction of sp³-hybridized carbons (Fsp3) is 0.440. The Kier molecular flexibility index (Phi) is 6.10. The van der Waals surface area contributed by atoms with Crippen LogP contribution in [0.2, 0.25) is 0 Å². The van der Waals surface area contributed by atoms with Gasteiger partial charge in [0.15, 0.2) is 0 Å². The molecule has 2 aromatic rings. The summed E-state index contributed by atoms with van der Waals surface area (Å²) in [6.07, 6.45) is -0.225. The van der Waals surface area contributed by atoms with E-state index in [-0.39, 0.29) is 29.8 Å². The number of esters is 1. The summed E-state index contributed by atoms with van der Waals surface area (Å²) in [5, 5.41) is 13.6. The van der Waals surface area contributed by atoms with Crippen molar-refractivity contribution in [2.24, 2.45) is 5.92 Å². The maximum absolute atomic E-state index is 13.0. The molecule has 33 heavy (non-hydrogen) atoms. The van der Waals surface area contributed by atoms with Gasteiger partial charge in [-0.3, -0.25) is 10.1 Å². The summed E-state index contributed by atoms with van der Waals surface area (Å²) in [5.41, 5.74) is 3.66. The predicted octanol–water partition coefficient (Wildman–Crippen LogP) is 4.29. The molecule has 1 saturated carbocycles. The van der Waals surface area contributed by atoms with E-state index in [4.69, 9.17) is 9.47 Å². The zero-order valence-electron chi connectivity index (χ0n) is 18.9. The number of hydrogen-bond acceptors (Lipinski definition) is 6. The second-order valence-corrected chi connectivity index (χ2v) is 9.64. The molecule has 2 aliphatic rings. The predicted molar refractivity (Wildman–Crippen MR) is 121 cm³/mol. The van der Waals surface area contributed by atoms with E-state index in [1.807, 2.05) is 48.5 Å². The number of nitrogens with one attached hydrogen (secondary N) is 1. The van der Waals surface area contributed by atoms with Crippen molar-refractivity contribution < 1.29 is 24.0 Å². The molecule has 1 amide bonds. The lowest BCUT2D eigenvalue weighted by Gasteiger charge is -2.23. The summed E-state index contributed by atoms with van der Waals surface area (Å²) in [7, 11) is 0. The highest BCUT2D eigenvalue weighted by atomic mass is 16.6. The van der Waals surface area contributed by atoms with Gasteiger partial charge in [0, 0.05) is 23.2 Å². The van der Waals surface area contributed by atoms with Crippen molar-refractivity contribution >= 4 is 12.1 Å². The van der Waals surface area contributed by atoms with E-state index < -0.39 is 29.7 Å². The average molecular weight is 453 g/mol. The van der Waals surface area contributed by atoms with Crippen molar-refractivity contribution in [3.63, 3.8) is 0 Å². The number of hydrogen-bond donors (Lipinski definition) is 1. The van der Waals surface area contributed by atoms with Gasteiger partial charge in [0.2, 0.25) is 6.04 Å². The Labute approximate surface area is 192 Å². The molecule has 0 radical (unpaired) electrons. The number of nitro groups is 1. The minimum Gasteiger partial charge on any atom is -0.463 e. The number of carbonyl (C=O) groups is 2. The molecule has 8 nitrogen and oxygen atoms in total. The molecule has 8 heteroatoms. The van der Waals surface area contributed by atoms with E-state index in [1.54, 1.807) is 20.8 Å². The molecular weight excluding hydrogens is 424 g/mol. The number of carbonyl (C=O) groups excluding carboxylic acids is 2. The molecule has 4 rings (SSSR count). The van der Waals surface area contributed by atoms with E-state index in [1.165, 1.54) is 0 Å². The highest BCUT2D eigenvalue weighted by Gasteiger charge is 2.50. The van der Waals surface area contributed by atoms with Crippen LogP contribution in [0.5, 0.6) is 0 Å². The van der Waals surface area contributed by atoms with E-state index in [0.29, 0.717) is 6.42 Å². The fourth-order valence-corrected chi connectivity index (χ4v) is 4.42. The van der Waals surface area contributed by atoms with Crippen LogP contribution in [0, 0.1) is 16.0 Å². The molecule has 0 spiro atoms. The van der Waals surface area contributed by atoms with Crippen LogP contribution >= 0.6 is 0 Å². The van der Waals surface area contributed by atoms with Crippen LogP contribution in [0.1, 0.15) is 50.7 Å². The zero-order chi connectivity index (χ0) is 23.8. The van der Waals surface area contributed by atoms with Crippen molar-refractivity contribution in [2.75, 3.05) is 6.61 Å². The molecule has 0 aliphatic heterocycles. The number of ether oxygens (including phenoxy) is 2. The van der Waals surface area contributed by atoms with E-state index in [0.717, 1.165) is 22.3 Å². The second kappa shape index (κ2) is 8.84. The number of rotatable bonds is 7. The Balaban J connectivity index is 1.46. The molecule has 1 fully saturated rings. The standard InChI is InChI=1S/C25H28N2O6/c1-25(2,3)33-24(29)26-21(12-15-13-22(15)27(30)31)23(28)32-14-20-18-10-6-4-8-16(18)17-9-5-7-11-19(17)20/h4-11,15,20-22H,12-14H2,1-3H3,(H,26,29)/t15-,21+,22-/m1/s1. The number of benzene rings is 2. The van der Waals surface area contributed by atoms with Crippen LogP contribution < -0.4 is 5.32 Å². The Morgan fingerprint density at radius 2 is 1.67 bits per heavy atom. The van der Waals surface area contributed by atoms with Gasteiger partial charge in [0.25, 0.3) is 0 Å². The quantitative estimate of drug-likeness (QED) is 0.381. The van der Waals surface area contributed by atoms with Gasteiger partial charge in [0.1, 0.15) is 18.2 Å². The Hall–Kier alpha value is -3.42. The topological polar surface area (TPSA) is 108 Å². The third kappa shape index (κ3) is 5.16. The smallest absolute Gasteiger partial charge is 0.408 e. The van der Waals surface area contributed by atoms with Gasteiger partial charge in [-0.25, -0.2) is 9.59 Å². The van der Waals surface area contributed by atoms with Crippen molar-refractivity contribution in [2.45, 2.75) is 57.2 Å². The minimum atomic E-state index is -1.01. The molecule has 0 saturated heterocycles. The largest absolute Gasteiger partial charge is 0.463 e. The van der Waals surface area contributed by atoms with Crippen molar-refractivity contribution in [1.82, 2.24) is 5.32 Å². The average Bonchev–Trinajstić information content (AvgIpc) is 3.45. The van der Waals surface area contributed by atoms with Gasteiger partial charge in [-0.15, -0.1) is 0 Å². The number of fused-ring (bicyclic) bond motifs is 3. The van der Waals surface area contributed by atoms with Gasteiger partial charge in [-0.05, 0) is 49.4 Å². The first-order valence-corrected chi connectivity index (χ1v) is 11.1. The summed E-state index contributed by atoms with van der Waals surface area (Å²) in [5.74, 6) is -1.01. The lowest BCUT2D eigenvalue weighted by Crippen LogP contribution is -2.45. The maximum atomic E-state index is 13.0. The molecule has 0 aromatic heterocycles. The molecule has 0 heterocycles. The van der Waals surface area contributed by atoms with Crippen LogP contribution in [-0.4, -0.2) is 41.3 Å². The Morgan fingerprint density at radius 3 is 2.18 bits per heavy atom. The Morgan fingerprint density at radius 1 is 1.09 bits per heavy atom. The lowest BCUT2D eigenvalue weighted by molar-refractivity contribution is -0.498. The van der Waals surface area contributed by atoms with Crippen molar-refractivity contribution in [3.05, 3.63) is 69.8 Å². The van der Waals surface area contributed by atoms with Crippen molar-refractivity contribution in [3.8, 4) is 11.1 Å². The Bertz CT molecular complexity index is 1030. The lowest BCUT2D eigenvalue weighted by atomic mass is 9.98. The molecule has 1 N–H and O–H groups in total. The van der Waals surface area contributed by atoms with Gasteiger partial charge in [-0.1, -0.05) is 48.5 Å². The highest BCUT2D eigenvalue weighted by molar-refractivity contribution is 5.82. The van der Waals surface area contributed by atoms with Crippen molar-refractivity contribution in [1.29, 1.82) is 0 Å². The molecular formula is C25H28N2O6. The second-order valence-electron chi connectivity index (χ2n) is 9.64. The molecule has 2 aliphatic carbocycles. The van der Waals surface area contributed by atoms with Crippen LogP contribution in [-0.2, 0) is 14.3 Å². The highest BCUT2D eigenvalue weighted by Crippen LogP contribution is 2.44. The number of amides is 1. The van der Waals surface area contributed by atoms with E-state index in [2.05, 4.69) is 5.32 Å². The molecule has 0 unspecified atom stereocenters. The number of alkyl carbamates (subject to hydrolysis) is 1.